The first-order valence-corrected chi connectivity index (χ1v) is 4.34. The summed E-state index contributed by atoms with van der Waals surface area (Å²) in [5.74, 6) is -2.49. The van der Waals surface area contributed by atoms with E-state index >= 15 is 0 Å². The van der Waals surface area contributed by atoms with E-state index in [0.29, 0.717) is 0 Å². The van der Waals surface area contributed by atoms with Crippen LogP contribution >= 0.6 is 11.8 Å². The molecule has 2 atom stereocenters. The Kier molecular flexibility index (Phi) is 5.44. The van der Waals surface area contributed by atoms with Gasteiger partial charge in [0, 0.05) is 0 Å². The molecule has 0 aliphatic carbocycles. The average Bonchev–Trinajstić information content (AvgIpc) is 2.04. The number of ether oxygens (including phenoxy) is 1. The molecular formula is C6H10O6S. The van der Waals surface area contributed by atoms with Gasteiger partial charge in [-0.2, -0.15) is 0 Å². The molecule has 0 radical (unpaired) electrons. The minimum absolute atomic E-state index is 0.0830. The van der Waals surface area contributed by atoms with Gasteiger partial charge in [-0.3, -0.25) is 0 Å². The topological polar surface area (TPSA) is 104 Å². The summed E-state index contributed by atoms with van der Waals surface area (Å²) in [6.45, 7) is 1.63. The van der Waals surface area contributed by atoms with Gasteiger partial charge in [0.1, 0.15) is 0 Å². The van der Waals surface area contributed by atoms with Gasteiger partial charge in [-0.15, -0.1) is 0 Å². The lowest BCUT2D eigenvalue weighted by Gasteiger charge is -2.10. The largest absolute Gasteiger partial charge is 0.479 e. The molecule has 13 heavy (non-hydrogen) atoms. The van der Waals surface area contributed by atoms with E-state index in [0.717, 1.165) is 0 Å². The minimum Gasteiger partial charge on any atom is -0.479 e. The van der Waals surface area contributed by atoms with Gasteiger partial charge in [0.05, 0.1) is 6.61 Å². The molecule has 0 saturated carbocycles. The molecule has 0 spiro atoms. The van der Waals surface area contributed by atoms with Gasteiger partial charge in [0.2, 0.25) is 10.9 Å². The number of aliphatic hydroxyl groups is 2. The summed E-state index contributed by atoms with van der Waals surface area (Å²) < 4.78 is 4.37. The van der Waals surface area contributed by atoms with Crippen LogP contribution in [0.1, 0.15) is 6.92 Å². The second-order valence-corrected chi connectivity index (χ2v) is 3.10. The lowest BCUT2D eigenvalue weighted by Crippen LogP contribution is -2.26. The predicted octanol–water partition coefficient (Wildman–Crippen LogP) is -0.996. The fourth-order valence-electron chi connectivity index (χ4n) is 0.449. The van der Waals surface area contributed by atoms with E-state index in [2.05, 4.69) is 4.74 Å². The zero-order valence-electron chi connectivity index (χ0n) is 6.84. The Morgan fingerprint density at radius 3 is 2.31 bits per heavy atom. The second-order valence-electron chi connectivity index (χ2n) is 1.93. The minimum atomic E-state index is -1.83. The number of aliphatic hydroxyl groups excluding tert-OH is 2. The first-order chi connectivity index (χ1) is 5.99. The number of carbonyl (C=O) groups is 2. The van der Waals surface area contributed by atoms with Crippen LogP contribution in [0.2, 0.25) is 0 Å². The number of rotatable bonds is 5. The summed E-state index contributed by atoms with van der Waals surface area (Å²) in [5, 5.41) is 25.9. The molecule has 0 bridgehead atoms. The summed E-state index contributed by atoms with van der Waals surface area (Å²) in [6.07, 6.45) is 0. The number of hydrogen-bond acceptors (Lipinski definition) is 6. The molecule has 2 unspecified atom stereocenters. The SMILES string of the molecule is CCOC(=O)C(O)SC(O)C(=O)O. The molecule has 3 N–H and O–H groups in total. The van der Waals surface area contributed by atoms with Crippen molar-refractivity contribution >= 4 is 23.7 Å². The summed E-state index contributed by atoms with van der Waals surface area (Å²) in [7, 11) is 0. The monoisotopic (exact) mass is 210 g/mol. The van der Waals surface area contributed by atoms with Gasteiger partial charge in [0.15, 0.2) is 0 Å². The van der Waals surface area contributed by atoms with Crippen molar-refractivity contribution in [1.29, 1.82) is 0 Å². The molecule has 0 aliphatic heterocycles. The Morgan fingerprint density at radius 1 is 1.38 bits per heavy atom. The lowest BCUT2D eigenvalue weighted by atomic mass is 10.7. The van der Waals surface area contributed by atoms with E-state index in [1.165, 1.54) is 0 Å². The highest BCUT2D eigenvalue weighted by molar-refractivity contribution is 8.01. The van der Waals surface area contributed by atoms with E-state index in [4.69, 9.17) is 15.3 Å². The number of thioether (sulfide) groups is 1. The van der Waals surface area contributed by atoms with E-state index < -0.39 is 22.8 Å². The van der Waals surface area contributed by atoms with Crippen molar-refractivity contribution in [1.82, 2.24) is 0 Å². The maximum Gasteiger partial charge on any atom is 0.345 e. The highest BCUT2D eigenvalue weighted by atomic mass is 32.2. The fraction of sp³-hybridized carbons (Fsp3) is 0.667. The molecular weight excluding hydrogens is 200 g/mol. The summed E-state index contributed by atoms with van der Waals surface area (Å²) in [6, 6.07) is 0. The van der Waals surface area contributed by atoms with Crippen molar-refractivity contribution in [2.45, 2.75) is 17.8 Å². The van der Waals surface area contributed by atoms with Crippen LogP contribution < -0.4 is 0 Å². The average molecular weight is 210 g/mol. The van der Waals surface area contributed by atoms with Crippen LogP contribution in [-0.2, 0) is 14.3 Å². The van der Waals surface area contributed by atoms with Crippen molar-refractivity contribution in [2.24, 2.45) is 0 Å². The van der Waals surface area contributed by atoms with Gasteiger partial charge >= 0.3 is 11.9 Å². The van der Waals surface area contributed by atoms with Crippen molar-refractivity contribution in [3.8, 4) is 0 Å². The first kappa shape index (κ1) is 12.2. The van der Waals surface area contributed by atoms with Gasteiger partial charge in [-0.1, -0.05) is 11.8 Å². The molecule has 7 heteroatoms. The molecule has 0 aliphatic rings. The van der Waals surface area contributed by atoms with E-state index in [-0.39, 0.29) is 18.4 Å². The number of aliphatic carboxylic acids is 1. The number of esters is 1. The molecule has 76 valence electrons. The quantitative estimate of drug-likeness (QED) is 0.395. The Bertz CT molecular complexity index is 194. The van der Waals surface area contributed by atoms with Crippen LogP contribution in [0.25, 0.3) is 0 Å². The maximum absolute atomic E-state index is 10.7. The Balaban J connectivity index is 3.92. The molecule has 0 saturated heterocycles. The van der Waals surface area contributed by atoms with Crippen molar-refractivity contribution in [2.75, 3.05) is 6.61 Å². The van der Waals surface area contributed by atoms with Gasteiger partial charge in [0.25, 0.3) is 0 Å². The number of carbonyl (C=O) groups excluding carboxylic acids is 1. The van der Waals surface area contributed by atoms with Crippen molar-refractivity contribution in [3.05, 3.63) is 0 Å². The van der Waals surface area contributed by atoms with Crippen LogP contribution in [-0.4, -0.2) is 44.7 Å². The highest BCUT2D eigenvalue weighted by Crippen LogP contribution is 2.15. The van der Waals surface area contributed by atoms with Crippen molar-refractivity contribution in [3.63, 3.8) is 0 Å². The molecule has 0 aromatic carbocycles. The van der Waals surface area contributed by atoms with Gasteiger partial charge < -0.3 is 20.1 Å². The van der Waals surface area contributed by atoms with E-state index in [9.17, 15) is 9.59 Å². The third-order valence-electron chi connectivity index (χ3n) is 0.957. The molecule has 0 amide bonds. The van der Waals surface area contributed by atoms with Gasteiger partial charge in [-0.05, 0) is 6.92 Å². The zero-order valence-corrected chi connectivity index (χ0v) is 7.65. The summed E-state index contributed by atoms with van der Waals surface area (Å²) in [5.41, 5.74) is -3.51. The van der Waals surface area contributed by atoms with Gasteiger partial charge in [-0.25, -0.2) is 9.59 Å². The third-order valence-corrected chi connectivity index (χ3v) is 1.87. The normalized spacial score (nSPS) is 14.7. The molecule has 0 aromatic heterocycles. The van der Waals surface area contributed by atoms with Crippen molar-refractivity contribution < 1.29 is 29.6 Å². The smallest absolute Gasteiger partial charge is 0.345 e. The summed E-state index contributed by atoms with van der Waals surface area (Å²) in [4.78, 5) is 20.8. The third kappa shape index (κ3) is 4.71. The molecule has 0 aromatic rings. The number of carboxylic acids is 1. The maximum atomic E-state index is 10.7. The van der Waals surface area contributed by atoms with Crippen LogP contribution in [0.5, 0.6) is 0 Å². The zero-order chi connectivity index (χ0) is 10.4. The van der Waals surface area contributed by atoms with Crippen LogP contribution in [0.3, 0.4) is 0 Å². The predicted molar refractivity (Wildman–Crippen MR) is 43.9 cm³/mol. The van der Waals surface area contributed by atoms with Crippen LogP contribution in [0.4, 0.5) is 0 Å². The summed E-state index contributed by atoms with van der Waals surface area (Å²) >= 11 is 0.193. The Labute approximate surface area is 78.5 Å². The standard InChI is InChI=1S/C6H10O6S/c1-2-12-4(9)6(11)13-5(10)3(7)8/h5-6,10-11H,2H2,1H3,(H,7,8). The molecule has 6 nitrogen and oxygen atoms in total. The van der Waals surface area contributed by atoms with E-state index in [1.54, 1.807) is 6.92 Å². The first-order valence-electron chi connectivity index (χ1n) is 3.40. The number of carboxylic acid groups (broad SMARTS) is 1. The van der Waals surface area contributed by atoms with Crippen LogP contribution in [0.15, 0.2) is 0 Å². The molecule has 0 fully saturated rings. The molecule has 0 heterocycles. The Hall–Kier alpha value is -0.790. The second kappa shape index (κ2) is 5.79. The van der Waals surface area contributed by atoms with Crippen LogP contribution in [0, 0.1) is 0 Å². The van der Waals surface area contributed by atoms with E-state index in [1.807, 2.05) is 0 Å². The fourth-order valence-corrected chi connectivity index (χ4v) is 0.989. The lowest BCUT2D eigenvalue weighted by molar-refractivity contribution is -0.148. The molecule has 0 rings (SSSR count). The highest BCUT2D eigenvalue weighted by Gasteiger charge is 2.24. The Morgan fingerprint density at radius 2 is 1.92 bits per heavy atom. The number of hydrogen-bond donors (Lipinski definition) is 3.